The van der Waals surface area contributed by atoms with Gasteiger partial charge in [-0.3, -0.25) is 9.88 Å². The van der Waals surface area contributed by atoms with E-state index in [1.54, 1.807) is 0 Å². The van der Waals surface area contributed by atoms with E-state index in [1.165, 1.54) is 5.56 Å². The molecule has 0 amide bonds. The third kappa shape index (κ3) is 3.05. The number of nitrogens with two attached hydrogens (primary N) is 1. The van der Waals surface area contributed by atoms with E-state index in [4.69, 9.17) is 5.73 Å². The first kappa shape index (κ1) is 12.5. The van der Waals surface area contributed by atoms with Gasteiger partial charge in [-0.05, 0) is 43.9 Å². The minimum Gasteiger partial charge on any atom is -0.327 e. The van der Waals surface area contributed by atoms with Crippen LogP contribution in [0.2, 0.25) is 0 Å². The molecule has 1 saturated heterocycles. The quantitative estimate of drug-likeness (QED) is 0.863. The summed E-state index contributed by atoms with van der Waals surface area (Å²) in [5.41, 5.74) is 7.42. The molecule has 2 heterocycles. The standard InChI is InChI=1S/C14H23N3/c1-11-12(2)17(9-6-14(11)15)8-5-13-4-3-7-16-10-13/h3-4,7,10-12,14H,5-6,8-9,15H2,1-2H3. The van der Waals surface area contributed by atoms with Crippen LogP contribution in [0, 0.1) is 5.92 Å². The van der Waals surface area contributed by atoms with E-state index in [0.29, 0.717) is 18.0 Å². The molecule has 1 aromatic rings. The number of piperidine rings is 1. The van der Waals surface area contributed by atoms with Crippen LogP contribution >= 0.6 is 0 Å². The van der Waals surface area contributed by atoms with E-state index in [2.05, 4.69) is 29.8 Å². The highest BCUT2D eigenvalue weighted by Crippen LogP contribution is 2.22. The molecule has 94 valence electrons. The Kier molecular flexibility index (Phi) is 4.13. The van der Waals surface area contributed by atoms with Gasteiger partial charge in [0.1, 0.15) is 0 Å². The first-order valence-electron chi connectivity index (χ1n) is 6.57. The van der Waals surface area contributed by atoms with Crippen LogP contribution in [-0.2, 0) is 6.42 Å². The molecular formula is C14H23N3. The Morgan fingerprint density at radius 1 is 1.47 bits per heavy atom. The Labute approximate surface area is 104 Å². The average molecular weight is 233 g/mol. The smallest absolute Gasteiger partial charge is 0.0300 e. The molecule has 3 atom stereocenters. The zero-order valence-electron chi connectivity index (χ0n) is 10.8. The number of pyridine rings is 1. The lowest BCUT2D eigenvalue weighted by molar-refractivity contribution is 0.0992. The molecule has 1 fully saturated rings. The van der Waals surface area contributed by atoms with Gasteiger partial charge in [0.25, 0.3) is 0 Å². The average Bonchev–Trinajstić information content (AvgIpc) is 2.36. The highest BCUT2D eigenvalue weighted by Gasteiger charge is 2.29. The Morgan fingerprint density at radius 3 is 3.00 bits per heavy atom. The van der Waals surface area contributed by atoms with Gasteiger partial charge < -0.3 is 5.73 Å². The van der Waals surface area contributed by atoms with Crippen LogP contribution in [0.3, 0.4) is 0 Å². The maximum Gasteiger partial charge on any atom is 0.0300 e. The van der Waals surface area contributed by atoms with Crippen molar-refractivity contribution < 1.29 is 0 Å². The van der Waals surface area contributed by atoms with E-state index >= 15 is 0 Å². The highest BCUT2D eigenvalue weighted by atomic mass is 15.2. The Hall–Kier alpha value is -0.930. The van der Waals surface area contributed by atoms with Gasteiger partial charge in [0, 0.05) is 31.0 Å². The van der Waals surface area contributed by atoms with Crippen molar-refractivity contribution in [1.82, 2.24) is 9.88 Å². The Bertz CT molecular complexity index is 339. The maximum absolute atomic E-state index is 6.10. The third-order valence-electron chi connectivity index (χ3n) is 4.17. The molecule has 0 saturated carbocycles. The molecule has 0 aliphatic carbocycles. The van der Waals surface area contributed by atoms with Crippen LogP contribution < -0.4 is 5.73 Å². The van der Waals surface area contributed by atoms with Crippen molar-refractivity contribution in [2.75, 3.05) is 13.1 Å². The number of hydrogen-bond acceptors (Lipinski definition) is 3. The molecule has 1 aliphatic rings. The van der Waals surface area contributed by atoms with Crippen molar-refractivity contribution in [3.63, 3.8) is 0 Å². The minimum absolute atomic E-state index is 0.375. The summed E-state index contributed by atoms with van der Waals surface area (Å²) >= 11 is 0. The number of rotatable bonds is 3. The lowest BCUT2D eigenvalue weighted by Gasteiger charge is -2.41. The summed E-state index contributed by atoms with van der Waals surface area (Å²) < 4.78 is 0. The van der Waals surface area contributed by atoms with Gasteiger partial charge in [-0.15, -0.1) is 0 Å². The van der Waals surface area contributed by atoms with E-state index in [9.17, 15) is 0 Å². The summed E-state index contributed by atoms with van der Waals surface area (Å²) in [5.74, 6) is 0.595. The molecule has 3 heteroatoms. The van der Waals surface area contributed by atoms with Crippen LogP contribution in [0.4, 0.5) is 0 Å². The Morgan fingerprint density at radius 2 is 2.29 bits per heavy atom. The second-order valence-corrected chi connectivity index (χ2v) is 5.20. The van der Waals surface area contributed by atoms with Crippen LogP contribution in [-0.4, -0.2) is 35.1 Å². The molecule has 2 rings (SSSR count). The molecule has 0 bridgehead atoms. The number of likely N-dealkylation sites (tertiary alicyclic amines) is 1. The van der Waals surface area contributed by atoms with Gasteiger partial charge in [0.05, 0.1) is 0 Å². The van der Waals surface area contributed by atoms with Crippen molar-refractivity contribution in [1.29, 1.82) is 0 Å². The monoisotopic (exact) mass is 233 g/mol. The van der Waals surface area contributed by atoms with Crippen molar-refractivity contribution in [2.24, 2.45) is 11.7 Å². The fourth-order valence-corrected chi connectivity index (χ4v) is 2.61. The normalized spacial score (nSPS) is 30.4. The molecule has 0 radical (unpaired) electrons. The van der Waals surface area contributed by atoms with Gasteiger partial charge >= 0.3 is 0 Å². The van der Waals surface area contributed by atoms with E-state index in [-0.39, 0.29) is 0 Å². The summed E-state index contributed by atoms with van der Waals surface area (Å²) in [4.78, 5) is 6.71. The predicted octanol–water partition coefficient (Wildman–Crippen LogP) is 1.68. The number of nitrogens with zero attached hydrogens (tertiary/aromatic N) is 2. The highest BCUT2D eigenvalue weighted by molar-refractivity contribution is 5.08. The molecular weight excluding hydrogens is 210 g/mol. The van der Waals surface area contributed by atoms with Gasteiger partial charge in [0.2, 0.25) is 0 Å². The van der Waals surface area contributed by atoms with E-state index in [0.717, 1.165) is 25.9 Å². The van der Waals surface area contributed by atoms with Crippen molar-refractivity contribution >= 4 is 0 Å². The van der Waals surface area contributed by atoms with E-state index in [1.807, 2.05) is 18.5 Å². The van der Waals surface area contributed by atoms with Crippen LogP contribution in [0.25, 0.3) is 0 Å². The minimum atomic E-state index is 0.375. The van der Waals surface area contributed by atoms with Crippen molar-refractivity contribution in [3.05, 3.63) is 30.1 Å². The number of aromatic nitrogens is 1. The third-order valence-corrected chi connectivity index (χ3v) is 4.17. The molecule has 0 aromatic carbocycles. The summed E-state index contributed by atoms with van der Waals surface area (Å²) in [6.45, 7) is 6.81. The topological polar surface area (TPSA) is 42.1 Å². The first-order valence-corrected chi connectivity index (χ1v) is 6.57. The van der Waals surface area contributed by atoms with Crippen LogP contribution in [0.15, 0.2) is 24.5 Å². The van der Waals surface area contributed by atoms with Crippen LogP contribution in [0.1, 0.15) is 25.8 Å². The van der Waals surface area contributed by atoms with Gasteiger partial charge in [-0.1, -0.05) is 13.0 Å². The molecule has 3 nitrogen and oxygen atoms in total. The van der Waals surface area contributed by atoms with Gasteiger partial charge in [-0.25, -0.2) is 0 Å². The van der Waals surface area contributed by atoms with Crippen molar-refractivity contribution in [2.45, 2.75) is 38.8 Å². The first-order chi connectivity index (χ1) is 8.18. The largest absolute Gasteiger partial charge is 0.327 e. The second kappa shape index (κ2) is 5.61. The summed E-state index contributed by atoms with van der Waals surface area (Å²) in [6, 6.07) is 5.12. The molecule has 1 aromatic heterocycles. The molecule has 1 aliphatic heterocycles. The summed E-state index contributed by atoms with van der Waals surface area (Å²) in [7, 11) is 0. The van der Waals surface area contributed by atoms with Gasteiger partial charge in [0.15, 0.2) is 0 Å². The fraction of sp³-hybridized carbons (Fsp3) is 0.643. The number of hydrogen-bond donors (Lipinski definition) is 1. The molecule has 2 N–H and O–H groups in total. The molecule has 3 unspecified atom stereocenters. The summed E-state index contributed by atoms with van der Waals surface area (Å²) in [5, 5.41) is 0. The SMILES string of the molecule is CC1C(N)CCN(CCc2cccnc2)C1C. The van der Waals surface area contributed by atoms with Gasteiger partial charge in [-0.2, -0.15) is 0 Å². The Balaban J connectivity index is 1.87. The molecule has 0 spiro atoms. The lowest BCUT2D eigenvalue weighted by Crippen LogP contribution is -2.52. The van der Waals surface area contributed by atoms with Crippen LogP contribution in [0.5, 0.6) is 0 Å². The lowest BCUT2D eigenvalue weighted by atomic mass is 9.87. The van der Waals surface area contributed by atoms with E-state index < -0.39 is 0 Å². The second-order valence-electron chi connectivity index (χ2n) is 5.20. The summed E-state index contributed by atoms with van der Waals surface area (Å²) in [6.07, 6.45) is 6.00. The fourth-order valence-electron chi connectivity index (χ4n) is 2.61. The van der Waals surface area contributed by atoms with Crippen molar-refractivity contribution in [3.8, 4) is 0 Å². The zero-order chi connectivity index (χ0) is 12.3. The maximum atomic E-state index is 6.10. The molecule has 17 heavy (non-hydrogen) atoms. The predicted molar refractivity (Wildman–Crippen MR) is 70.7 cm³/mol. The zero-order valence-corrected chi connectivity index (χ0v) is 10.8.